The summed E-state index contributed by atoms with van der Waals surface area (Å²) in [5.41, 5.74) is 3.60. The lowest BCUT2D eigenvalue weighted by molar-refractivity contribution is -0.143. The molecule has 0 aliphatic carbocycles. The molecule has 1 amide bonds. The lowest BCUT2D eigenvalue weighted by Gasteiger charge is -2.27. The van der Waals surface area contributed by atoms with Crippen LogP contribution in [-0.4, -0.2) is 43.5 Å². The minimum atomic E-state index is -4.38. The van der Waals surface area contributed by atoms with Gasteiger partial charge in [0, 0.05) is 48.6 Å². The number of carbonyl (C=O) groups excluding carboxylic acids is 1. The maximum absolute atomic E-state index is 13.0. The molecule has 4 rings (SSSR count). The maximum Gasteiger partial charge on any atom is 0.408 e. The van der Waals surface area contributed by atoms with Crippen LogP contribution < -0.4 is 5.32 Å². The Bertz CT molecular complexity index is 1030. The van der Waals surface area contributed by atoms with E-state index < -0.39 is 12.7 Å². The first kappa shape index (κ1) is 19.0. The smallest absolute Gasteiger partial charge is 0.338 e. The van der Waals surface area contributed by atoms with Gasteiger partial charge in [0.15, 0.2) is 5.82 Å². The van der Waals surface area contributed by atoms with Crippen LogP contribution >= 0.6 is 0 Å². The average molecular weight is 404 g/mol. The first-order valence-electron chi connectivity index (χ1n) is 9.07. The Balaban J connectivity index is 1.68. The van der Waals surface area contributed by atoms with Crippen LogP contribution in [0.1, 0.15) is 18.2 Å². The van der Waals surface area contributed by atoms with Gasteiger partial charge in [-0.05, 0) is 17.7 Å². The van der Waals surface area contributed by atoms with Crippen LogP contribution in [0.15, 0.2) is 36.7 Å². The van der Waals surface area contributed by atoms with E-state index in [0.717, 1.165) is 15.8 Å². The summed E-state index contributed by atoms with van der Waals surface area (Å²) in [7, 11) is 0. The van der Waals surface area contributed by atoms with Gasteiger partial charge in [0.1, 0.15) is 6.54 Å². The molecule has 0 spiro atoms. The van der Waals surface area contributed by atoms with Crippen LogP contribution in [0.3, 0.4) is 0 Å². The number of alkyl halides is 3. The Kier molecular flexibility index (Phi) is 4.77. The number of H-pyrrole nitrogens is 1. The summed E-state index contributed by atoms with van der Waals surface area (Å²) in [6, 6.07) is 7.42. The van der Waals surface area contributed by atoms with Crippen molar-refractivity contribution in [2.24, 2.45) is 0 Å². The molecule has 1 aromatic carbocycles. The first-order valence-corrected chi connectivity index (χ1v) is 9.07. The second kappa shape index (κ2) is 7.26. The van der Waals surface area contributed by atoms with Crippen molar-refractivity contribution in [1.82, 2.24) is 24.9 Å². The van der Waals surface area contributed by atoms with E-state index in [2.05, 4.69) is 20.6 Å². The third kappa shape index (κ3) is 4.10. The fraction of sp³-hybridized carbons (Fsp3) is 0.316. The molecular formula is C19H19F3N6O. The number of amides is 1. The molecule has 7 nitrogen and oxygen atoms in total. The lowest BCUT2D eigenvalue weighted by Crippen LogP contribution is -2.35. The summed E-state index contributed by atoms with van der Waals surface area (Å²) in [6.45, 7) is 0.895. The predicted octanol–water partition coefficient (Wildman–Crippen LogP) is 3.48. The number of fused-ring (bicyclic) bond motifs is 1. The summed E-state index contributed by atoms with van der Waals surface area (Å²) >= 11 is 0. The van der Waals surface area contributed by atoms with Crippen LogP contribution in [-0.2, 0) is 24.3 Å². The maximum atomic E-state index is 13.0. The molecule has 2 aromatic heterocycles. The molecule has 3 heterocycles. The molecular weight excluding hydrogens is 385 g/mol. The Morgan fingerprint density at radius 3 is 2.83 bits per heavy atom. The van der Waals surface area contributed by atoms with Gasteiger partial charge >= 0.3 is 6.18 Å². The average Bonchev–Trinajstić information content (AvgIpc) is 3.30. The lowest BCUT2D eigenvalue weighted by atomic mass is 10.1. The molecule has 152 valence electrons. The van der Waals surface area contributed by atoms with Gasteiger partial charge < -0.3 is 10.2 Å². The molecule has 1 aliphatic heterocycles. The second-order valence-electron chi connectivity index (χ2n) is 6.93. The van der Waals surface area contributed by atoms with E-state index in [1.54, 1.807) is 17.3 Å². The van der Waals surface area contributed by atoms with Crippen LogP contribution in [0.2, 0.25) is 0 Å². The molecule has 0 atom stereocenters. The molecule has 3 aromatic rings. The summed E-state index contributed by atoms with van der Waals surface area (Å²) in [5.74, 6) is 0.215. The zero-order chi connectivity index (χ0) is 20.6. The Morgan fingerprint density at radius 2 is 2.14 bits per heavy atom. The van der Waals surface area contributed by atoms with Gasteiger partial charge in [-0.3, -0.25) is 14.6 Å². The predicted molar refractivity (Wildman–Crippen MR) is 100 cm³/mol. The van der Waals surface area contributed by atoms with E-state index >= 15 is 0 Å². The Morgan fingerprint density at radius 1 is 1.31 bits per heavy atom. The molecule has 0 radical (unpaired) electrons. The number of benzene rings is 1. The van der Waals surface area contributed by atoms with Crippen LogP contribution in [0.5, 0.6) is 0 Å². The number of nitrogens with zero attached hydrogens (tertiary/aromatic N) is 4. The number of rotatable bonds is 4. The van der Waals surface area contributed by atoms with Gasteiger partial charge in [0.2, 0.25) is 5.91 Å². The Labute approximate surface area is 164 Å². The third-order valence-electron chi connectivity index (χ3n) is 4.87. The monoisotopic (exact) mass is 404 g/mol. The summed E-state index contributed by atoms with van der Waals surface area (Å²) in [6.07, 6.45) is -0.613. The van der Waals surface area contributed by atoms with E-state index in [9.17, 15) is 18.0 Å². The topological polar surface area (TPSA) is 78.8 Å². The fourth-order valence-corrected chi connectivity index (χ4v) is 3.48. The van der Waals surface area contributed by atoms with E-state index in [0.29, 0.717) is 35.7 Å². The molecule has 0 bridgehead atoms. The standard InChI is InChI=1S/C19H19F3N6O/c1-12(29)27-6-5-17-16(10-27)18(26-28(17)11-19(20,21)22)25-15-4-2-3-13(7-15)14-8-23-24-9-14/h2-4,7-9H,5-6,10-11H2,1H3,(H,23,24)(H,25,26). The number of anilines is 2. The van der Waals surface area contributed by atoms with Crippen molar-refractivity contribution < 1.29 is 18.0 Å². The third-order valence-corrected chi connectivity index (χ3v) is 4.87. The molecule has 1 aliphatic rings. The van der Waals surface area contributed by atoms with Crippen molar-refractivity contribution in [3.8, 4) is 11.1 Å². The quantitative estimate of drug-likeness (QED) is 0.698. The second-order valence-corrected chi connectivity index (χ2v) is 6.93. The SMILES string of the molecule is CC(=O)N1CCc2c(c(Nc3cccc(-c4cn[nH]c4)c3)nn2CC(F)(F)F)C1. The van der Waals surface area contributed by atoms with E-state index in [1.807, 2.05) is 24.3 Å². The molecule has 0 saturated carbocycles. The number of carbonyl (C=O) groups is 1. The van der Waals surface area contributed by atoms with Crippen LogP contribution in [0.25, 0.3) is 11.1 Å². The van der Waals surface area contributed by atoms with E-state index in [1.165, 1.54) is 6.92 Å². The zero-order valence-corrected chi connectivity index (χ0v) is 15.6. The highest BCUT2D eigenvalue weighted by atomic mass is 19.4. The van der Waals surface area contributed by atoms with Crippen molar-refractivity contribution in [3.05, 3.63) is 47.9 Å². The number of hydrogen-bond donors (Lipinski definition) is 2. The van der Waals surface area contributed by atoms with Gasteiger partial charge in [-0.15, -0.1) is 0 Å². The number of aromatic amines is 1. The van der Waals surface area contributed by atoms with Crippen molar-refractivity contribution in [2.45, 2.75) is 32.6 Å². The summed E-state index contributed by atoms with van der Waals surface area (Å²) < 4.78 is 40.0. The molecule has 10 heteroatoms. The number of nitrogens with one attached hydrogen (secondary N) is 2. The van der Waals surface area contributed by atoms with Crippen LogP contribution in [0.4, 0.5) is 24.7 Å². The first-order chi connectivity index (χ1) is 13.8. The largest absolute Gasteiger partial charge is 0.408 e. The number of halogens is 3. The summed E-state index contributed by atoms with van der Waals surface area (Å²) in [4.78, 5) is 13.4. The molecule has 2 N–H and O–H groups in total. The zero-order valence-electron chi connectivity index (χ0n) is 15.6. The van der Waals surface area contributed by atoms with Crippen molar-refractivity contribution in [2.75, 3.05) is 11.9 Å². The highest BCUT2D eigenvalue weighted by molar-refractivity contribution is 5.75. The van der Waals surface area contributed by atoms with Gasteiger partial charge in [-0.2, -0.15) is 23.4 Å². The van der Waals surface area contributed by atoms with E-state index in [4.69, 9.17) is 0 Å². The van der Waals surface area contributed by atoms with E-state index in [-0.39, 0.29) is 12.5 Å². The molecule has 0 saturated heterocycles. The molecule has 0 unspecified atom stereocenters. The highest BCUT2D eigenvalue weighted by Gasteiger charge is 2.33. The minimum absolute atomic E-state index is 0.118. The highest BCUT2D eigenvalue weighted by Crippen LogP contribution is 2.31. The van der Waals surface area contributed by atoms with Crippen LogP contribution in [0, 0.1) is 0 Å². The van der Waals surface area contributed by atoms with Crippen molar-refractivity contribution in [1.29, 1.82) is 0 Å². The molecule has 29 heavy (non-hydrogen) atoms. The van der Waals surface area contributed by atoms with Gasteiger partial charge in [-0.25, -0.2) is 0 Å². The van der Waals surface area contributed by atoms with Crippen molar-refractivity contribution in [3.63, 3.8) is 0 Å². The normalized spacial score (nSPS) is 14.0. The van der Waals surface area contributed by atoms with Gasteiger partial charge in [0.25, 0.3) is 0 Å². The minimum Gasteiger partial charge on any atom is -0.338 e. The van der Waals surface area contributed by atoms with Gasteiger partial charge in [-0.1, -0.05) is 12.1 Å². The Hall–Kier alpha value is -3.30. The van der Waals surface area contributed by atoms with Gasteiger partial charge in [0.05, 0.1) is 12.7 Å². The number of aromatic nitrogens is 4. The number of hydrogen-bond acceptors (Lipinski definition) is 4. The fourth-order valence-electron chi connectivity index (χ4n) is 3.48. The summed E-state index contributed by atoms with van der Waals surface area (Å²) in [5, 5.41) is 14.0. The van der Waals surface area contributed by atoms with Crippen molar-refractivity contribution >= 4 is 17.4 Å². The molecule has 0 fully saturated rings.